The first-order valence-electron chi connectivity index (χ1n) is 20.2. The number of allylic oxidation sites excluding steroid dienone is 5. The molecule has 7 nitrogen and oxygen atoms in total. The zero-order valence-electron chi connectivity index (χ0n) is 31.7. The van der Waals surface area contributed by atoms with Crippen molar-refractivity contribution in [2.24, 2.45) is 0 Å². The minimum atomic E-state index is -0.940. The minimum Gasteiger partial charge on any atom is -0.462 e. The fraction of sp³-hybridized carbons (Fsp3) is 0.810. The standard InChI is InChI=1S/C42H76O7/c1-3-5-7-9-11-13-15-17-18-19-20-22-24-26-28-30-34-41(46)48-37-38(36-43)49-42(47)35-31-33-40(45)39(44)32-29-27-25-23-21-16-14-12-10-8-6-4-2/h12,14,21,23,27,29,38-40,43-45H,3-11,13,15-20,22,24-26,28,30-37H2,1-2H3/b14-12-,23-21-,29-27-/t38-,39?,40?/m0/s1. The van der Waals surface area contributed by atoms with Crippen molar-refractivity contribution in [1.29, 1.82) is 0 Å². The molecule has 0 bridgehead atoms. The highest BCUT2D eigenvalue weighted by Crippen LogP contribution is 2.15. The molecule has 0 aromatic rings. The maximum absolute atomic E-state index is 12.2. The predicted molar refractivity (Wildman–Crippen MR) is 203 cm³/mol. The molecule has 0 aliphatic carbocycles. The second-order valence-corrected chi connectivity index (χ2v) is 13.7. The van der Waals surface area contributed by atoms with E-state index in [1.54, 1.807) is 0 Å². The number of carbonyl (C=O) groups excluding carboxylic acids is 2. The number of ether oxygens (including phenoxy) is 2. The molecule has 0 saturated carbocycles. The Morgan fingerprint density at radius 1 is 0.551 bits per heavy atom. The van der Waals surface area contributed by atoms with Crippen LogP contribution in [0.15, 0.2) is 36.5 Å². The normalized spacial score (nSPS) is 13.8. The van der Waals surface area contributed by atoms with E-state index in [9.17, 15) is 24.9 Å². The highest BCUT2D eigenvalue weighted by atomic mass is 16.6. The summed E-state index contributed by atoms with van der Waals surface area (Å²) in [5, 5.41) is 30.0. The van der Waals surface area contributed by atoms with Gasteiger partial charge >= 0.3 is 11.9 Å². The Bertz CT molecular complexity index is 822. The molecular weight excluding hydrogens is 616 g/mol. The maximum Gasteiger partial charge on any atom is 0.306 e. The van der Waals surface area contributed by atoms with Crippen LogP contribution in [0.4, 0.5) is 0 Å². The number of aliphatic hydroxyl groups is 3. The summed E-state index contributed by atoms with van der Waals surface area (Å²) in [5.74, 6) is -0.871. The number of hydrogen-bond donors (Lipinski definition) is 3. The van der Waals surface area contributed by atoms with Crippen LogP contribution >= 0.6 is 0 Å². The molecule has 3 atom stereocenters. The largest absolute Gasteiger partial charge is 0.462 e. The van der Waals surface area contributed by atoms with Gasteiger partial charge in [-0.1, -0.05) is 159 Å². The summed E-state index contributed by atoms with van der Waals surface area (Å²) in [6.45, 7) is 3.87. The van der Waals surface area contributed by atoms with Crippen molar-refractivity contribution in [3.63, 3.8) is 0 Å². The van der Waals surface area contributed by atoms with Crippen LogP contribution in [0, 0.1) is 0 Å². The van der Waals surface area contributed by atoms with Gasteiger partial charge in [0.25, 0.3) is 0 Å². The van der Waals surface area contributed by atoms with E-state index in [-0.39, 0.29) is 25.4 Å². The van der Waals surface area contributed by atoms with Crippen molar-refractivity contribution in [3.8, 4) is 0 Å². The van der Waals surface area contributed by atoms with Crippen LogP contribution in [0.3, 0.4) is 0 Å². The summed E-state index contributed by atoms with van der Waals surface area (Å²) in [6.07, 6.45) is 38.1. The molecule has 0 heterocycles. The Hall–Kier alpha value is -1.96. The summed E-state index contributed by atoms with van der Waals surface area (Å²) in [4.78, 5) is 24.3. The molecule has 0 radical (unpaired) electrons. The number of unbranched alkanes of at least 4 members (excludes halogenated alkanes) is 18. The Morgan fingerprint density at radius 3 is 1.57 bits per heavy atom. The van der Waals surface area contributed by atoms with Gasteiger partial charge in [0.2, 0.25) is 0 Å². The van der Waals surface area contributed by atoms with Gasteiger partial charge in [0.15, 0.2) is 6.10 Å². The van der Waals surface area contributed by atoms with Gasteiger partial charge in [-0.3, -0.25) is 9.59 Å². The molecule has 2 unspecified atom stereocenters. The molecule has 0 fully saturated rings. The molecule has 0 saturated heterocycles. The van der Waals surface area contributed by atoms with Crippen molar-refractivity contribution in [3.05, 3.63) is 36.5 Å². The van der Waals surface area contributed by atoms with Gasteiger partial charge in [-0.2, -0.15) is 0 Å². The lowest BCUT2D eigenvalue weighted by Crippen LogP contribution is -2.29. The third kappa shape index (κ3) is 34.3. The summed E-state index contributed by atoms with van der Waals surface area (Å²) in [6, 6.07) is 0. The van der Waals surface area contributed by atoms with E-state index in [2.05, 4.69) is 38.2 Å². The summed E-state index contributed by atoms with van der Waals surface area (Å²) >= 11 is 0. The summed E-state index contributed by atoms with van der Waals surface area (Å²) in [5.41, 5.74) is 0. The van der Waals surface area contributed by atoms with Crippen LogP contribution in [0.2, 0.25) is 0 Å². The molecule has 49 heavy (non-hydrogen) atoms. The summed E-state index contributed by atoms with van der Waals surface area (Å²) < 4.78 is 10.5. The number of esters is 2. The van der Waals surface area contributed by atoms with Crippen LogP contribution < -0.4 is 0 Å². The van der Waals surface area contributed by atoms with E-state index in [1.807, 2.05) is 12.2 Å². The van der Waals surface area contributed by atoms with Crippen LogP contribution in [0.5, 0.6) is 0 Å². The fourth-order valence-corrected chi connectivity index (χ4v) is 5.66. The van der Waals surface area contributed by atoms with Crippen molar-refractivity contribution < 1.29 is 34.4 Å². The van der Waals surface area contributed by atoms with Crippen LogP contribution in [0.25, 0.3) is 0 Å². The average molecular weight is 693 g/mol. The topological polar surface area (TPSA) is 113 Å². The van der Waals surface area contributed by atoms with Crippen molar-refractivity contribution >= 4 is 11.9 Å². The lowest BCUT2D eigenvalue weighted by Gasteiger charge is -2.17. The molecule has 0 aromatic heterocycles. The van der Waals surface area contributed by atoms with Gasteiger partial charge in [0.1, 0.15) is 6.61 Å². The fourth-order valence-electron chi connectivity index (χ4n) is 5.66. The third-order valence-electron chi connectivity index (χ3n) is 8.89. The van der Waals surface area contributed by atoms with E-state index < -0.39 is 30.9 Å². The van der Waals surface area contributed by atoms with Crippen LogP contribution in [-0.4, -0.2) is 58.8 Å². The van der Waals surface area contributed by atoms with E-state index in [4.69, 9.17) is 9.47 Å². The lowest BCUT2D eigenvalue weighted by atomic mass is 10.0. The van der Waals surface area contributed by atoms with Crippen molar-refractivity contribution in [2.45, 2.75) is 206 Å². The van der Waals surface area contributed by atoms with Gasteiger partial charge in [-0.05, 0) is 51.4 Å². The molecule has 7 heteroatoms. The predicted octanol–water partition coefficient (Wildman–Crippen LogP) is 10.4. The molecule has 3 N–H and O–H groups in total. The molecule has 0 aliphatic heterocycles. The Balaban J connectivity index is 3.78. The minimum absolute atomic E-state index is 0.0428. The number of aliphatic hydroxyl groups excluding tert-OH is 3. The van der Waals surface area contributed by atoms with Gasteiger partial charge < -0.3 is 24.8 Å². The van der Waals surface area contributed by atoms with Crippen LogP contribution in [0.1, 0.15) is 187 Å². The van der Waals surface area contributed by atoms with E-state index in [0.717, 1.165) is 38.5 Å². The highest BCUT2D eigenvalue weighted by Gasteiger charge is 2.18. The van der Waals surface area contributed by atoms with E-state index in [1.165, 1.54) is 103 Å². The first-order valence-corrected chi connectivity index (χ1v) is 20.2. The maximum atomic E-state index is 12.2. The molecule has 286 valence electrons. The van der Waals surface area contributed by atoms with Gasteiger partial charge in [0.05, 0.1) is 18.8 Å². The Labute approximate surface area is 301 Å². The lowest BCUT2D eigenvalue weighted by molar-refractivity contribution is -0.161. The smallest absolute Gasteiger partial charge is 0.306 e. The SMILES string of the molecule is CCCCC/C=C\C/C=C\C/C=C\CC(O)C(O)CCCC(=O)O[C@@H](CO)COC(=O)CCCCCCCCCCCCCCCCCC. The Kier molecular flexibility index (Phi) is 35.8. The second kappa shape index (κ2) is 37.3. The van der Waals surface area contributed by atoms with Crippen molar-refractivity contribution in [2.75, 3.05) is 13.2 Å². The molecular formula is C42H76O7. The van der Waals surface area contributed by atoms with Crippen molar-refractivity contribution in [1.82, 2.24) is 0 Å². The Morgan fingerprint density at radius 2 is 1.02 bits per heavy atom. The van der Waals surface area contributed by atoms with Gasteiger partial charge in [-0.25, -0.2) is 0 Å². The number of carbonyl (C=O) groups is 2. The first kappa shape index (κ1) is 47.0. The van der Waals surface area contributed by atoms with E-state index in [0.29, 0.717) is 19.3 Å². The quantitative estimate of drug-likeness (QED) is 0.0340. The van der Waals surface area contributed by atoms with Crippen LogP contribution in [-0.2, 0) is 19.1 Å². The third-order valence-corrected chi connectivity index (χ3v) is 8.89. The van der Waals surface area contributed by atoms with Gasteiger partial charge in [0, 0.05) is 12.8 Å². The summed E-state index contributed by atoms with van der Waals surface area (Å²) in [7, 11) is 0. The molecule has 0 rings (SSSR count). The molecule has 0 spiro atoms. The van der Waals surface area contributed by atoms with Gasteiger partial charge in [-0.15, -0.1) is 0 Å². The number of hydrogen-bond acceptors (Lipinski definition) is 7. The zero-order chi connectivity index (χ0) is 36.0. The monoisotopic (exact) mass is 693 g/mol. The average Bonchev–Trinajstić information content (AvgIpc) is 3.10. The van der Waals surface area contributed by atoms with E-state index >= 15 is 0 Å². The zero-order valence-corrected chi connectivity index (χ0v) is 31.7. The molecule has 0 aromatic carbocycles. The highest BCUT2D eigenvalue weighted by molar-refractivity contribution is 5.70. The first-order chi connectivity index (χ1) is 23.9. The molecule has 0 aliphatic rings. The second-order valence-electron chi connectivity index (χ2n) is 13.7. The number of rotatable bonds is 36. The molecule has 0 amide bonds.